The summed E-state index contributed by atoms with van der Waals surface area (Å²) < 4.78 is 5.64. The van der Waals surface area contributed by atoms with Crippen LogP contribution in [0.4, 0.5) is 0 Å². The highest BCUT2D eigenvalue weighted by Crippen LogP contribution is 2.40. The molecule has 1 aliphatic rings. The van der Waals surface area contributed by atoms with Crippen molar-refractivity contribution in [3.05, 3.63) is 29.8 Å². The summed E-state index contributed by atoms with van der Waals surface area (Å²) in [6.45, 7) is 16.2. The molecule has 0 radical (unpaired) electrons. The number of likely N-dealkylation sites (tertiary alicyclic amines) is 1. The van der Waals surface area contributed by atoms with Crippen LogP contribution in [0, 0.1) is 11.3 Å². The average molecular weight is 374 g/mol. The fourth-order valence-electron chi connectivity index (χ4n) is 3.89. The van der Waals surface area contributed by atoms with E-state index in [1.165, 1.54) is 37.8 Å². The predicted octanol–water partition coefficient (Wildman–Crippen LogP) is 5.82. The molecule has 0 N–H and O–H groups in total. The molecule has 1 saturated heterocycles. The number of hydrogen-bond acceptors (Lipinski definition) is 3. The molecule has 3 nitrogen and oxygen atoms in total. The van der Waals surface area contributed by atoms with E-state index in [0.29, 0.717) is 11.7 Å². The number of esters is 1. The van der Waals surface area contributed by atoms with Gasteiger partial charge in [-0.2, -0.15) is 0 Å². The van der Waals surface area contributed by atoms with Crippen LogP contribution in [0.2, 0.25) is 0 Å². The molecule has 3 heteroatoms. The van der Waals surface area contributed by atoms with E-state index in [-0.39, 0.29) is 11.4 Å². The molecule has 0 aliphatic carbocycles. The highest BCUT2D eigenvalue weighted by molar-refractivity contribution is 5.77. The van der Waals surface area contributed by atoms with Gasteiger partial charge in [-0.3, -0.25) is 4.79 Å². The van der Waals surface area contributed by atoms with E-state index >= 15 is 0 Å². The molecule has 0 saturated carbocycles. The number of benzene rings is 1. The summed E-state index contributed by atoms with van der Waals surface area (Å²) in [5.74, 6) is 1.06. The Labute approximate surface area is 166 Å². The number of ether oxygens (including phenoxy) is 1. The number of unbranched alkanes of at least 4 members (excludes halogenated alkanes) is 3. The van der Waals surface area contributed by atoms with Crippen molar-refractivity contribution in [2.24, 2.45) is 11.3 Å². The van der Waals surface area contributed by atoms with Crippen LogP contribution in [0.15, 0.2) is 24.3 Å². The normalized spacial score (nSPS) is 24.0. The summed E-state index contributed by atoms with van der Waals surface area (Å²) in [5.41, 5.74) is 0.931. The van der Waals surface area contributed by atoms with Gasteiger partial charge in [0.15, 0.2) is 0 Å². The lowest BCUT2D eigenvalue weighted by Crippen LogP contribution is -2.47. The zero-order chi connectivity index (χ0) is 20.1. The SMILES string of the molecule is CCCCCCN1CC[C@](C)(c2cccc(OC(=O)C(C)(C)C)c2)[C@@H](C)C1. The smallest absolute Gasteiger partial charge is 0.316 e. The van der Waals surface area contributed by atoms with Gasteiger partial charge < -0.3 is 9.64 Å². The van der Waals surface area contributed by atoms with Crippen LogP contribution in [0.5, 0.6) is 5.75 Å². The second kappa shape index (κ2) is 9.23. The van der Waals surface area contributed by atoms with Gasteiger partial charge in [0.05, 0.1) is 5.41 Å². The summed E-state index contributed by atoms with van der Waals surface area (Å²) in [5, 5.41) is 0. The second-order valence-electron chi connectivity index (χ2n) is 9.60. The van der Waals surface area contributed by atoms with Gasteiger partial charge in [-0.15, -0.1) is 0 Å². The first kappa shape index (κ1) is 21.9. The Morgan fingerprint density at radius 1 is 1.26 bits per heavy atom. The number of rotatable bonds is 7. The maximum atomic E-state index is 12.2. The number of carbonyl (C=O) groups is 1. The van der Waals surface area contributed by atoms with Gasteiger partial charge >= 0.3 is 5.97 Å². The Morgan fingerprint density at radius 2 is 2.00 bits per heavy atom. The fourth-order valence-corrected chi connectivity index (χ4v) is 3.89. The van der Waals surface area contributed by atoms with Crippen molar-refractivity contribution >= 4 is 5.97 Å². The van der Waals surface area contributed by atoms with Crippen LogP contribution in [0.25, 0.3) is 0 Å². The first-order valence-electron chi connectivity index (χ1n) is 10.7. The number of piperidine rings is 1. The Hall–Kier alpha value is -1.35. The van der Waals surface area contributed by atoms with E-state index in [9.17, 15) is 4.79 Å². The molecular weight excluding hydrogens is 334 g/mol. The van der Waals surface area contributed by atoms with E-state index in [1.54, 1.807) is 0 Å². The second-order valence-corrected chi connectivity index (χ2v) is 9.60. The van der Waals surface area contributed by atoms with E-state index in [2.05, 4.69) is 37.8 Å². The lowest BCUT2D eigenvalue weighted by Gasteiger charge is -2.45. The lowest BCUT2D eigenvalue weighted by atomic mass is 9.68. The molecule has 1 aromatic rings. The molecule has 1 aromatic carbocycles. The van der Waals surface area contributed by atoms with Crippen molar-refractivity contribution < 1.29 is 9.53 Å². The summed E-state index contributed by atoms with van der Waals surface area (Å²) >= 11 is 0. The van der Waals surface area contributed by atoms with Crippen LogP contribution >= 0.6 is 0 Å². The Kier molecular flexibility index (Phi) is 7.50. The summed E-state index contributed by atoms with van der Waals surface area (Å²) in [6, 6.07) is 8.19. The standard InChI is InChI=1S/C24H39NO2/c1-7-8-9-10-15-25-16-14-24(6,19(2)18-25)20-12-11-13-21(17-20)27-22(26)23(3,4)5/h11-13,17,19H,7-10,14-16,18H2,1-6H3/t19-,24-/m0/s1. The fraction of sp³-hybridized carbons (Fsp3) is 0.708. The monoisotopic (exact) mass is 373 g/mol. The first-order chi connectivity index (χ1) is 12.7. The maximum absolute atomic E-state index is 12.2. The van der Waals surface area contributed by atoms with Crippen molar-refractivity contribution in [1.29, 1.82) is 0 Å². The third kappa shape index (κ3) is 5.81. The first-order valence-corrected chi connectivity index (χ1v) is 10.7. The molecule has 0 amide bonds. The minimum absolute atomic E-state index is 0.129. The maximum Gasteiger partial charge on any atom is 0.316 e. The van der Waals surface area contributed by atoms with Crippen LogP contribution < -0.4 is 4.74 Å². The van der Waals surface area contributed by atoms with Crippen LogP contribution in [-0.4, -0.2) is 30.5 Å². The average Bonchev–Trinajstić information content (AvgIpc) is 2.61. The largest absolute Gasteiger partial charge is 0.426 e. The number of carbonyl (C=O) groups excluding carboxylic acids is 1. The zero-order valence-electron chi connectivity index (χ0n) is 18.3. The van der Waals surface area contributed by atoms with Crippen molar-refractivity contribution in [3.63, 3.8) is 0 Å². The number of nitrogens with zero attached hydrogens (tertiary/aromatic N) is 1. The topological polar surface area (TPSA) is 29.5 Å². The third-order valence-corrected chi connectivity index (χ3v) is 6.21. The van der Waals surface area contributed by atoms with Crippen molar-refractivity contribution in [2.45, 2.75) is 79.1 Å². The van der Waals surface area contributed by atoms with E-state index in [0.717, 1.165) is 19.5 Å². The molecular formula is C24H39NO2. The van der Waals surface area contributed by atoms with Gasteiger partial charge in [0.1, 0.15) is 5.75 Å². The Bertz CT molecular complexity index is 619. The molecule has 1 aliphatic heterocycles. The minimum atomic E-state index is -0.490. The minimum Gasteiger partial charge on any atom is -0.426 e. The summed E-state index contributed by atoms with van der Waals surface area (Å²) in [6.07, 6.45) is 6.46. The predicted molar refractivity (Wildman–Crippen MR) is 113 cm³/mol. The molecule has 0 aromatic heterocycles. The molecule has 152 valence electrons. The molecule has 2 atom stereocenters. The van der Waals surface area contributed by atoms with Gasteiger partial charge in [-0.05, 0) is 75.7 Å². The van der Waals surface area contributed by atoms with Gasteiger partial charge in [0.25, 0.3) is 0 Å². The number of hydrogen-bond donors (Lipinski definition) is 0. The van der Waals surface area contributed by atoms with Crippen LogP contribution in [0.1, 0.15) is 79.2 Å². The van der Waals surface area contributed by atoms with Crippen molar-refractivity contribution in [2.75, 3.05) is 19.6 Å². The van der Waals surface area contributed by atoms with Gasteiger partial charge in [0, 0.05) is 6.54 Å². The van der Waals surface area contributed by atoms with E-state index in [1.807, 2.05) is 32.9 Å². The summed E-state index contributed by atoms with van der Waals surface area (Å²) in [4.78, 5) is 14.9. The molecule has 0 bridgehead atoms. The van der Waals surface area contributed by atoms with Crippen LogP contribution in [-0.2, 0) is 10.2 Å². The van der Waals surface area contributed by atoms with Gasteiger partial charge in [0.2, 0.25) is 0 Å². The molecule has 1 fully saturated rings. The molecule has 27 heavy (non-hydrogen) atoms. The Balaban J connectivity index is 2.03. The highest BCUT2D eigenvalue weighted by atomic mass is 16.5. The molecule has 1 heterocycles. The van der Waals surface area contributed by atoms with Crippen LogP contribution in [0.3, 0.4) is 0 Å². The van der Waals surface area contributed by atoms with Crippen molar-refractivity contribution in [1.82, 2.24) is 4.90 Å². The molecule has 0 unspecified atom stereocenters. The quantitative estimate of drug-likeness (QED) is 0.343. The molecule has 2 rings (SSSR count). The third-order valence-electron chi connectivity index (χ3n) is 6.21. The lowest BCUT2D eigenvalue weighted by molar-refractivity contribution is -0.143. The molecule has 0 spiro atoms. The van der Waals surface area contributed by atoms with Crippen molar-refractivity contribution in [3.8, 4) is 5.75 Å². The zero-order valence-corrected chi connectivity index (χ0v) is 18.3. The van der Waals surface area contributed by atoms with Gasteiger partial charge in [-0.1, -0.05) is 52.2 Å². The highest BCUT2D eigenvalue weighted by Gasteiger charge is 2.38. The van der Waals surface area contributed by atoms with E-state index in [4.69, 9.17) is 4.74 Å². The summed E-state index contributed by atoms with van der Waals surface area (Å²) in [7, 11) is 0. The van der Waals surface area contributed by atoms with E-state index < -0.39 is 5.41 Å². The Morgan fingerprint density at radius 3 is 2.63 bits per heavy atom. The van der Waals surface area contributed by atoms with Gasteiger partial charge in [-0.25, -0.2) is 0 Å².